The van der Waals surface area contributed by atoms with Gasteiger partial charge in [0.15, 0.2) is 5.17 Å². The third kappa shape index (κ3) is 2.97. The van der Waals surface area contributed by atoms with Crippen LogP contribution in [-0.2, 0) is 5.41 Å². The molecular weight excluding hydrogens is 252 g/mol. The van der Waals surface area contributed by atoms with Gasteiger partial charge in [-0.05, 0) is 35.8 Å². The standard InChI is InChI=1S/C16H22N2S/c1-16(2,3)12-6-4-5-7-13(12)18-15-17-10-14(19-15)11-8-9-11/h4-7,11,14H,8-10H2,1-3H3,(H,17,18). The zero-order valence-electron chi connectivity index (χ0n) is 11.9. The summed E-state index contributed by atoms with van der Waals surface area (Å²) in [6.45, 7) is 7.76. The Morgan fingerprint density at radius 3 is 2.63 bits per heavy atom. The van der Waals surface area contributed by atoms with Gasteiger partial charge < -0.3 is 5.32 Å². The first kappa shape index (κ1) is 13.0. The number of anilines is 1. The Kier molecular flexibility index (Phi) is 3.34. The van der Waals surface area contributed by atoms with E-state index in [2.05, 4.69) is 55.3 Å². The normalized spacial score (nSPS) is 23.3. The molecule has 1 aromatic carbocycles. The van der Waals surface area contributed by atoms with Gasteiger partial charge in [0.25, 0.3) is 0 Å². The van der Waals surface area contributed by atoms with Crippen LogP contribution in [0.5, 0.6) is 0 Å². The Labute approximate surface area is 120 Å². The quantitative estimate of drug-likeness (QED) is 0.870. The first-order valence-electron chi connectivity index (χ1n) is 7.12. The zero-order chi connectivity index (χ0) is 13.5. The molecule has 1 N–H and O–H groups in total. The molecule has 1 aromatic rings. The van der Waals surface area contributed by atoms with Gasteiger partial charge in [0.1, 0.15) is 0 Å². The molecule has 0 saturated heterocycles. The summed E-state index contributed by atoms with van der Waals surface area (Å²) < 4.78 is 0. The van der Waals surface area contributed by atoms with Crippen molar-refractivity contribution >= 4 is 22.6 Å². The average molecular weight is 274 g/mol. The van der Waals surface area contributed by atoms with Crippen LogP contribution < -0.4 is 5.32 Å². The maximum Gasteiger partial charge on any atom is 0.161 e. The van der Waals surface area contributed by atoms with Crippen molar-refractivity contribution in [3.05, 3.63) is 29.8 Å². The largest absolute Gasteiger partial charge is 0.335 e. The van der Waals surface area contributed by atoms with Crippen LogP contribution in [0, 0.1) is 5.92 Å². The molecule has 1 heterocycles. The number of aliphatic imine (C=N–C) groups is 1. The molecule has 1 atom stereocenters. The maximum absolute atomic E-state index is 4.67. The van der Waals surface area contributed by atoms with Crippen LogP contribution in [-0.4, -0.2) is 17.0 Å². The summed E-state index contributed by atoms with van der Waals surface area (Å²) in [4.78, 5) is 4.67. The average Bonchev–Trinajstić information content (AvgIpc) is 3.10. The fraction of sp³-hybridized carbons (Fsp3) is 0.562. The smallest absolute Gasteiger partial charge is 0.161 e. The van der Waals surface area contributed by atoms with Crippen LogP contribution in [0.3, 0.4) is 0 Å². The van der Waals surface area contributed by atoms with Gasteiger partial charge in [0.2, 0.25) is 0 Å². The lowest BCUT2D eigenvalue weighted by atomic mass is 9.86. The monoisotopic (exact) mass is 274 g/mol. The number of para-hydroxylation sites is 1. The summed E-state index contributed by atoms with van der Waals surface area (Å²) in [5.74, 6) is 0.922. The van der Waals surface area contributed by atoms with Gasteiger partial charge in [0.05, 0.1) is 6.54 Å². The van der Waals surface area contributed by atoms with Crippen molar-refractivity contribution in [3.63, 3.8) is 0 Å². The first-order chi connectivity index (χ1) is 9.04. The van der Waals surface area contributed by atoms with Gasteiger partial charge in [-0.25, -0.2) is 0 Å². The number of benzene rings is 1. The lowest BCUT2D eigenvalue weighted by molar-refractivity contribution is 0.592. The molecule has 1 fully saturated rings. The van der Waals surface area contributed by atoms with E-state index in [4.69, 9.17) is 0 Å². The lowest BCUT2D eigenvalue weighted by Gasteiger charge is -2.23. The Morgan fingerprint density at radius 1 is 1.21 bits per heavy atom. The number of hydrogen-bond acceptors (Lipinski definition) is 3. The van der Waals surface area contributed by atoms with Crippen molar-refractivity contribution in [3.8, 4) is 0 Å². The molecule has 1 aliphatic carbocycles. The van der Waals surface area contributed by atoms with E-state index in [1.165, 1.54) is 24.1 Å². The van der Waals surface area contributed by atoms with Crippen molar-refractivity contribution in [2.45, 2.75) is 44.3 Å². The summed E-state index contributed by atoms with van der Waals surface area (Å²) in [6, 6.07) is 8.58. The van der Waals surface area contributed by atoms with Gasteiger partial charge in [-0.1, -0.05) is 50.7 Å². The number of thioether (sulfide) groups is 1. The Hall–Kier alpha value is -0.960. The molecule has 0 amide bonds. The zero-order valence-corrected chi connectivity index (χ0v) is 12.8. The highest BCUT2D eigenvalue weighted by atomic mass is 32.2. The molecule has 3 rings (SSSR count). The second-order valence-corrected chi connectivity index (χ2v) is 7.79. The molecule has 2 nitrogen and oxygen atoms in total. The fourth-order valence-corrected chi connectivity index (χ4v) is 3.75. The summed E-state index contributed by atoms with van der Waals surface area (Å²) in [6.07, 6.45) is 2.80. The van der Waals surface area contributed by atoms with Crippen molar-refractivity contribution in [1.29, 1.82) is 0 Å². The topological polar surface area (TPSA) is 24.4 Å². The molecule has 0 radical (unpaired) electrons. The van der Waals surface area contributed by atoms with Crippen LogP contribution in [0.15, 0.2) is 29.3 Å². The van der Waals surface area contributed by atoms with Crippen molar-refractivity contribution < 1.29 is 0 Å². The minimum atomic E-state index is 0.156. The van der Waals surface area contributed by atoms with Crippen LogP contribution in [0.25, 0.3) is 0 Å². The van der Waals surface area contributed by atoms with Crippen molar-refractivity contribution in [2.24, 2.45) is 10.9 Å². The van der Waals surface area contributed by atoms with Crippen LogP contribution >= 0.6 is 11.8 Å². The molecule has 1 aliphatic heterocycles. The molecule has 0 aromatic heterocycles. The predicted octanol–water partition coefficient (Wildman–Crippen LogP) is 4.28. The predicted molar refractivity (Wildman–Crippen MR) is 85.2 cm³/mol. The third-order valence-electron chi connectivity index (χ3n) is 3.80. The molecule has 3 heteroatoms. The number of nitrogens with one attached hydrogen (secondary N) is 1. The number of nitrogens with zero attached hydrogens (tertiary/aromatic N) is 1. The van der Waals surface area contributed by atoms with E-state index in [0.29, 0.717) is 0 Å². The van der Waals surface area contributed by atoms with Gasteiger partial charge in [-0.3, -0.25) is 4.99 Å². The van der Waals surface area contributed by atoms with E-state index in [-0.39, 0.29) is 5.41 Å². The summed E-state index contributed by atoms with van der Waals surface area (Å²) >= 11 is 1.93. The van der Waals surface area contributed by atoms with E-state index in [1.54, 1.807) is 0 Å². The molecule has 1 unspecified atom stereocenters. The Balaban J connectivity index is 1.73. The number of rotatable bonds is 2. The van der Waals surface area contributed by atoms with Crippen LogP contribution in [0.4, 0.5) is 5.69 Å². The number of amidine groups is 1. The summed E-state index contributed by atoms with van der Waals surface area (Å²) in [5.41, 5.74) is 2.72. The molecule has 1 saturated carbocycles. The summed E-state index contributed by atoms with van der Waals surface area (Å²) in [5, 5.41) is 5.37. The van der Waals surface area contributed by atoms with Gasteiger partial charge in [-0.15, -0.1) is 0 Å². The van der Waals surface area contributed by atoms with E-state index >= 15 is 0 Å². The van der Waals surface area contributed by atoms with Crippen LogP contribution in [0.2, 0.25) is 0 Å². The lowest BCUT2D eigenvalue weighted by Crippen LogP contribution is -2.16. The molecule has 0 bridgehead atoms. The van der Waals surface area contributed by atoms with Gasteiger partial charge in [-0.2, -0.15) is 0 Å². The minimum absolute atomic E-state index is 0.156. The fourth-order valence-electron chi connectivity index (χ4n) is 2.53. The molecule has 102 valence electrons. The number of hydrogen-bond donors (Lipinski definition) is 1. The van der Waals surface area contributed by atoms with E-state index in [9.17, 15) is 0 Å². The highest BCUT2D eigenvalue weighted by molar-refractivity contribution is 8.15. The van der Waals surface area contributed by atoms with Gasteiger partial charge >= 0.3 is 0 Å². The maximum atomic E-state index is 4.67. The highest BCUT2D eigenvalue weighted by Crippen LogP contribution is 2.42. The highest BCUT2D eigenvalue weighted by Gasteiger charge is 2.35. The van der Waals surface area contributed by atoms with Crippen molar-refractivity contribution in [1.82, 2.24) is 0 Å². The Morgan fingerprint density at radius 2 is 1.95 bits per heavy atom. The SMILES string of the molecule is CC(C)(C)c1ccccc1NC1=NCC(C2CC2)S1. The second kappa shape index (κ2) is 4.86. The van der Waals surface area contributed by atoms with Crippen LogP contribution in [0.1, 0.15) is 39.2 Å². The molecule has 19 heavy (non-hydrogen) atoms. The van der Waals surface area contributed by atoms with Crippen molar-refractivity contribution in [2.75, 3.05) is 11.9 Å². The second-order valence-electron chi connectivity index (χ2n) is 6.56. The first-order valence-corrected chi connectivity index (χ1v) is 7.99. The van der Waals surface area contributed by atoms with E-state index in [1.807, 2.05) is 11.8 Å². The Bertz CT molecular complexity index is 498. The molecule has 2 aliphatic rings. The van der Waals surface area contributed by atoms with E-state index in [0.717, 1.165) is 22.9 Å². The summed E-state index contributed by atoms with van der Waals surface area (Å²) in [7, 11) is 0. The minimum Gasteiger partial charge on any atom is -0.335 e. The van der Waals surface area contributed by atoms with E-state index < -0.39 is 0 Å². The van der Waals surface area contributed by atoms with Gasteiger partial charge in [0, 0.05) is 10.9 Å². The molecular formula is C16H22N2S. The third-order valence-corrected chi connectivity index (χ3v) is 5.09. The molecule has 0 spiro atoms.